The minimum atomic E-state index is -0.512. The third-order valence-corrected chi connectivity index (χ3v) is 3.42. The number of nitrogens with zero attached hydrogens (tertiary/aromatic N) is 1. The van der Waals surface area contributed by atoms with Crippen LogP contribution in [0.5, 0.6) is 0 Å². The molecule has 2 rings (SSSR count). The number of hydrogen-bond donors (Lipinski definition) is 3. The maximum absolute atomic E-state index is 9.95. The first-order valence-electron chi connectivity index (χ1n) is 6.46. The minimum absolute atomic E-state index is 0.512. The number of nitrogens with one attached hydrogen (secondary N) is 2. The van der Waals surface area contributed by atoms with Gasteiger partial charge in [0.25, 0.3) is 0 Å². The second kappa shape index (κ2) is 5.04. The predicted octanol–water partition coefficient (Wildman–Crippen LogP) is 0.866. The van der Waals surface area contributed by atoms with E-state index in [9.17, 15) is 5.11 Å². The topological polar surface area (TPSA) is 56.7 Å². The van der Waals surface area contributed by atoms with E-state index in [1.165, 1.54) is 12.8 Å². The second-order valence-electron chi connectivity index (χ2n) is 5.10. The Morgan fingerprint density at radius 3 is 2.62 bits per heavy atom. The van der Waals surface area contributed by atoms with Gasteiger partial charge in [-0.05, 0) is 44.9 Å². The molecule has 0 saturated heterocycles. The van der Waals surface area contributed by atoms with Crippen molar-refractivity contribution >= 4 is 5.96 Å². The van der Waals surface area contributed by atoms with Crippen LogP contribution in [-0.2, 0) is 0 Å². The molecule has 0 amide bonds. The van der Waals surface area contributed by atoms with Crippen molar-refractivity contribution in [2.75, 3.05) is 19.6 Å². The van der Waals surface area contributed by atoms with E-state index in [0.29, 0.717) is 6.54 Å². The van der Waals surface area contributed by atoms with Gasteiger partial charge in [-0.1, -0.05) is 0 Å². The van der Waals surface area contributed by atoms with Gasteiger partial charge in [-0.15, -0.1) is 0 Å². The molecule has 3 N–H and O–H groups in total. The van der Waals surface area contributed by atoms with E-state index in [0.717, 1.165) is 44.2 Å². The summed E-state index contributed by atoms with van der Waals surface area (Å²) in [6.45, 7) is 4.48. The molecule has 2 aliphatic carbocycles. The SMILES string of the molecule is CCNC(=NCC1(O)CCC1)NCC1CC1. The van der Waals surface area contributed by atoms with E-state index >= 15 is 0 Å². The average molecular weight is 225 g/mol. The average Bonchev–Trinajstić information content (AvgIpc) is 3.03. The molecule has 2 fully saturated rings. The summed E-state index contributed by atoms with van der Waals surface area (Å²) < 4.78 is 0. The molecule has 4 heteroatoms. The van der Waals surface area contributed by atoms with Gasteiger partial charge < -0.3 is 15.7 Å². The summed E-state index contributed by atoms with van der Waals surface area (Å²) in [7, 11) is 0. The molecule has 2 aliphatic rings. The van der Waals surface area contributed by atoms with E-state index in [-0.39, 0.29) is 0 Å². The van der Waals surface area contributed by atoms with Crippen LogP contribution in [0.3, 0.4) is 0 Å². The third kappa shape index (κ3) is 3.37. The fourth-order valence-electron chi connectivity index (χ4n) is 1.87. The molecule has 2 saturated carbocycles. The van der Waals surface area contributed by atoms with Gasteiger partial charge in [-0.2, -0.15) is 0 Å². The maximum atomic E-state index is 9.95. The molecule has 0 aromatic rings. The Morgan fingerprint density at radius 1 is 1.38 bits per heavy atom. The Bertz CT molecular complexity index is 257. The first-order valence-corrected chi connectivity index (χ1v) is 6.46. The number of hydrogen-bond acceptors (Lipinski definition) is 2. The van der Waals surface area contributed by atoms with Crippen LogP contribution < -0.4 is 10.6 Å². The summed E-state index contributed by atoms with van der Waals surface area (Å²) in [5, 5.41) is 16.5. The van der Waals surface area contributed by atoms with Crippen molar-refractivity contribution in [3.63, 3.8) is 0 Å². The lowest BCUT2D eigenvalue weighted by Crippen LogP contribution is -2.43. The normalized spacial score (nSPS) is 23.8. The van der Waals surface area contributed by atoms with Crippen molar-refractivity contribution in [2.45, 2.75) is 44.6 Å². The van der Waals surface area contributed by atoms with Crippen molar-refractivity contribution in [1.29, 1.82) is 0 Å². The fourth-order valence-corrected chi connectivity index (χ4v) is 1.87. The minimum Gasteiger partial charge on any atom is -0.388 e. The van der Waals surface area contributed by atoms with Crippen molar-refractivity contribution in [1.82, 2.24) is 10.6 Å². The number of rotatable bonds is 5. The van der Waals surface area contributed by atoms with E-state index < -0.39 is 5.60 Å². The largest absolute Gasteiger partial charge is 0.388 e. The van der Waals surface area contributed by atoms with Crippen molar-refractivity contribution < 1.29 is 5.11 Å². The molecule has 0 spiro atoms. The predicted molar refractivity (Wildman–Crippen MR) is 65.5 cm³/mol. The summed E-state index contributed by atoms with van der Waals surface area (Å²) in [5.74, 6) is 1.70. The van der Waals surface area contributed by atoms with Gasteiger partial charge in [-0.25, -0.2) is 0 Å². The van der Waals surface area contributed by atoms with Gasteiger partial charge in [0, 0.05) is 13.1 Å². The van der Waals surface area contributed by atoms with Crippen LogP contribution in [0.1, 0.15) is 39.0 Å². The van der Waals surface area contributed by atoms with Crippen LogP contribution in [0.15, 0.2) is 4.99 Å². The molecule has 0 atom stereocenters. The van der Waals surface area contributed by atoms with Crippen LogP contribution in [0, 0.1) is 5.92 Å². The molecule has 0 heterocycles. The zero-order valence-electron chi connectivity index (χ0n) is 10.1. The summed E-state index contributed by atoms with van der Waals surface area (Å²) in [6, 6.07) is 0. The molecule has 92 valence electrons. The molecule has 0 aromatic carbocycles. The lowest BCUT2D eigenvalue weighted by Gasteiger charge is -2.35. The van der Waals surface area contributed by atoms with Crippen LogP contribution in [0.2, 0.25) is 0 Å². The Kier molecular flexibility index (Phi) is 3.69. The van der Waals surface area contributed by atoms with Crippen LogP contribution in [-0.4, -0.2) is 36.3 Å². The van der Waals surface area contributed by atoms with E-state index in [2.05, 4.69) is 22.5 Å². The Morgan fingerprint density at radius 2 is 2.12 bits per heavy atom. The van der Waals surface area contributed by atoms with E-state index in [1.54, 1.807) is 0 Å². The number of aliphatic hydroxyl groups is 1. The summed E-state index contributed by atoms with van der Waals surface area (Å²) in [6.07, 6.45) is 5.63. The maximum Gasteiger partial charge on any atom is 0.191 e. The van der Waals surface area contributed by atoms with Gasteiger partial charge in [0.2, 0.25) is 0 Å². The third-order valence-electron chi connectivity index (χ3n) is 3.42. The van der Waals surface area contributed by atoms with Crippen LogP contribution in [0.4, 0.5) is 0 Å². The Hall–Kier alpha value is -0.770. The Balaban J connectivity index is 1.76. The lowest BCUT2D eigenvalue weighted by molar-refractivity contribution is -0.0236. The first-order chi connectivity index (χ1) is 7.72. The quantitative estimate of drug-likeness (QED) is 0.480. The highest BCUT2D eigenvalue weighted by molar-refractivity contribution is 5.79. The van der Waals surface area contributed by atoms with Gasteiger partial charge in [-0.3, -0.25) is 4.99 Å². The second-order valence-corrected chi connectivity index (χ2v) is 5.10. The number of guanidine groups is 1. The highest BCUT2D eigenvalue weighted by Crippen LogP contribution is 2.31. The molecule has 16 heavy (non-hydrogen) atoms. The van der Waals surface area contributed by atoms with Gasteiger partial charge in [0.15, 0.2) is 5.96 Å². The van der Waals surface area contributed by atoms with E-state index in [4.69, 9.17) is 0 Å². The van der Waals surface area contributed by atoms with Crippen molar-refractivity contribution in [2.24, 2.45) is 10.9 Å². The first kappa shape index (κ1) is 11.7. The number of aliphatic imine (C=N–C) groups is 1. The zero-order valence-corrected chi connectivity index (χ0v) is 10.1. The van der Waals surface area contributed by atoms with Gasteiger partial charge in [0.05, 0.1) is 12.1 Å². The highest BCUT2D eigenvalue weighted by Gasteiger charge is 2.34. The molecular weight excluding hydrogens is 202 g/mol. The van der Waals surface area contributed by atoms with E-state index in [1.807, 2.05) is 0 Å². The van der Waals surface area contributed by atoms with Crippen LogP contribution >= 0.6 is 0 Å². The standard InChI is InChI=1S/C12H23N3O/c1-2-13-11(14-8-10-4-5-10)15-9-12(16)6-3-7-12/h10,16H,2-9H2,1H3,(H2,13,14,15). The molecule has 0 aromatic heterocycles. The molecular formula is C12H23N3O. The fraction of sp³-hybridized carbons (Fsp3) is 0.917. The van der Waals surface area contributed by atoms with Gasteiger partial charge >= 0.3 is 0 Å². The van der Waals surface area contributed by atoms with Crippen molar-refractivity contribution in [3.8, 4) is 0 Å². The van der Waals surface area contributed by atoms with Crippen LogP contribution in [0.25, 0.3) is 0 Å². The monoisotopic (exact) mass is 225 g/mol. The Labute approximate surface area is 97.5 Å². The zero-order chi connectivity index (χ0) is 11.4. The lowest BCUT2D eigenvalue weighted by atomic mass is 9.80. The molecule has 0 unspecified atom stereocenters. The smallest absolute Gasteiger partial charge is 0.191 e. The summed E-state index contributed by atoms with van der Waals surface area (Å²) in [5.41, 5.74) is -0.512. The highest BCUT2D eigenvalue weighted by atomic mass is 16.3. The van der Waals surface area contributed by atoms with Crippen molar-refractivity contribution in [3.05, 3.63) is 0 Å². The summed E-state index contributed by atoms with van der Waals surface area (Å²) >= 11 is 0. The summed E-state index contributed by atoms with van der Waals surface area (Å²) in [4.78, 5) is 4.45. The molecule has 4 nitrogen and oxygen atoms in total. The molecule has 0 aliphatic heterocycles. The molecule has 0 bridgehead atoms. The van der Waals surface area contributed by atoms with Gasteiger partial charge in [0.1, 0.15) is 0 Å². The molecule has 0 radical (unpaired) electrons.